The zero-order valence-corrected chi connectivity index (χ0v) is 15.0. The van der Waals surface area contributed by atoms with E-state index in [2.05, 4.69) is 9.88 Å². The highest BCUT2D eigenvalue weighted by Gasteiger charge is 2.43. The van der Waals surface area contributed by atoms with Gasteiger partial charge in [0.05, 0.1) is 6.42 Å². The van der Waals surface area contributed by atoms with Gasteiger partial charge in [-0.1, -0.05) is 12.1 Å². The summed E-state index contributed by atoms with van der Waals surface area (Å²) >= 11 is 0. The first-order valence-electron chi connectivity index (χ1n) is 9.53. The van der Waals surface area contributed by atoms with E-state index in [9.17, 15) is 4.79 Å². The SMILES string of the molecule is O=C(Cc1ccc2c(c1)OCO2)N1C2CCC1CC(Oc1ccccn1)C2. The lowest BCUT2D eigenvalue weighted by Gasteiger charge is -2.38. The molecule has 0 radical (unpaired) electrons. The largest absolute Gasteiger partial charge is 0.474 e. The van der Waals surface area contributed by atoms with E-state index >= 15 is 0 Å². The molecule has 2 saturated heterocycles. The van der Waals surface area contributed by atoms with E-state index in [4.69, 9.17) is 14.2 Å². The summed E-state index contributed by atoms with van der Waals surface area (Å²) in [5.41, 5.74) is 0.968. The van der Waals surface area contributed by atoms with Crippen LogP contribution in [0.4, 0.5) is 0 Å². The van der Waals surface area contributed by atoms with Crippen LogP contribution in [0.15, 0.2) is 42.6 Å². The second kappa shape index (κ2) is 6.76. The second-order valence-electron chi connectivity index (χ2n) is 7.43. The molecule has 2 unspecified atom stereocenters. The average Bonchev–Trinajstić information content (AvgIpc) is 3.24. The van der Waals surface area contributed by atoms with Crippen molar-refractivity contribution in [3.8, 4) is 17.4 Å². The minimum absolute atomic E-state index is 0.131. The Morgan fingerprint density at radius 3 is 2.70 bits per heavy atom. The normalized spacial score (nSPS) is 25.5. The van der Waals surface area contributed by atoms with Crippen LogP contribution in [0.25, 0.3) is 0 Å². The minimum atomic E-state index is 0.131. The van der Waals surface area contributed by atoms with Crippen molar-refractivity contribution in [3.63, 3.8) is 0 Å². The van der Waals surface area contributed by atoms with Gasteiger partial charge in [0.2, 0.25) is 18.6 Å². The van der Waals surface area contributed by atoms with Gasteiger partial charge in [-0.05, 0) is 36.6 Å². The van der Waals surface area contributed by atoms with Crippen molar-refractivity contribution >= 4 is 5.91 Å². The van der Waals surface area contributed by atoms with Gasteiger partial charge in [0.25, 0.3) is 0 Å². The number of ether oxygens (including phenoxy) is 3. The molecular formula is C21H22N2O4. The van der Waals surface area contributed by atoms with Gasteiger partial charge in [-0.2, -0.15) is 0 Å². The van der Waals surface area contributed by atoms with E-state index in [-0.39, 0.29) is 30.9 Å². The van der Waals surface area contributed by atoms with Gasteiger partial charge in [0, 0.05) is 37.2 Å². The molecule has 140 valence electrons. The predicted octanol–water partition coefficient (Wildman–Crippen LogP) is 2.95. The Morgan fingerprint density at radius 2 is 1.93 bits per heavy atom. The van der Waals surface area contributed by atoms with Crippen LogP contribution in [-0.4, -0.2) is 40.8 Å². The standard InChI is InChI=1S/C21H22N2O4/c24-21(10-14-4-7-18-19(9-14)26-13-25-18)23-15-5-6-16(23)12-17(11-15)27-20-3-1-2-8-22-20/h1-4,7-9,15-17H,5-6,10-13H2. The second-order valence-corrected chi connectivity index (χ2v) is 7.43. The number of benzene rings is 1. The predicted molar refractivity (Wildman–Crippen MR) is 97.8 cm³/mol. The summed E-state index contributed by atoms with van der Waals surface area (Å²) in [6, 6.07) is 12.0. The third kappa shape index (κ3) is 3.20. The summed E-state index contributed by atoms with van der Waals surface area (Å²) in [4.78, 5) is 19.4. The maximum Gasteiger partial charge on any atom is 0.231 e. The molecule has 5 rings (SSSR count). The number of carbonyl (C=O) groups is 1. The minimum Gasteiger partial charge on any atom is -0.474 e. The highest BCUT2D eigenvalue weighted by Crippen LogP contribution is 2.38. The number of hydrogen-bond acceptors (Lipinski definition) is 5. The number of amides is 1. The van der Waals surface area contributed by atoms with E-state index in [0.29, 0.717) is 12.3 Å². The molecule has 2 bridgehead atoms. The maximum absolute atomic E-state index is 13.0. The van der Waals surface area contributed by atoms with Gasteiger partial charge < -0.3 is 19.1 Å². The number of piperidine rings is 1. The van der Waals surface area contributed by atoms with E-state index in [0.717, 1.165) is 42.7 Å². The maximum atomic E-state index is 13.0. The molecular weight excluding hydrogens is 344 g/mol. The van der Waals surface area contributed by atoms with Gasteiger partial charge >= 0.3 is 0 Å². The Hall–Kier alpha value is -2.76. The first kappa shape index (κ1) is 16.4. The Balaban J connectivity index is 1.24. The van der Waals surface area contributed by atoms with Crippen LogP contribution in [-0.2, 0) is 11.2 Å². The number of carbonyl (C=O) groups excluding carboxylic acids is 1. The number of hydrogen-bond donors (Lipinski definition) is 0. The number of pyridine rings is 1. The lowest BCUT2D eigenvalue weighted by atomic mass is 9.98. The van der Waals surface area contributed by atoms with Gasteiger partial charge in [0.1, 0.15) is 6.10 Å². The molecule has 0 N–H and O–H groups in total. The van der Waals surface area contributed by atoms with Crippen molar-refractivity contribution in [1.29, 1.82) is 0 Å². The highest BCUT2D eigenvalue weighted by molar-refractivity contribution is 5.80. The van der Waals surface area contributed by atoms with Crippen molar-refractivity contribution in [1.82, 2.24) is 9.88 Å². The molecule has 6 nitrogen and oxygen atoms in total. The molecule has 27 heavy (non-hydrogen) atoms. The van der Waals surface area contributed by atoms with Crippen LogP contribution < -0.4 is 14.2 Å². The third-order valence-corrected chi connectivity index (χ3v) is 5.70. The third-order valence-electron chi connectivity index (χ3n) is 5.70. The van der Waals surface area contributed by atoms with Crippen molar-refractivity contribution in [2.45, 2.75) is 50.3 Å². The zero-order valence-electron chi connectivity index (χ0n) is 15.0. The molecule has 1 amide bonds. The fourth-order valence-electron chi connectivity index (χ4n) is 4.53. The van der Waals surface area contributed by atoms with Crippen molar-refractivity contribution < 1.29 is 19.0 Å². The van der Waals surface area contributed by atoms with Gasteiger partial charge in [-0.15, -0.1) is 0 Å². The molecule has 1 aromatic heterocycles. The number of nitrogens with zero attached hydrogens (tertiary/aromatic N) is 2. The van der Waals surface area contributed by atoms with E-state index in [1.165, 1.54) is 0 Å². The fraction of sp³-hybridized carbons (Fsp3) is 0.429. The summed E-state index contributed by atoms with van der Waals surface area (Å²) in [7, 11) is 0. The van der Waals surface area contributed by atoms with Crippen LogP contribution in [0.2, 0.25) is 0 Å². The molecule has 6 heteroatoms. The van der Waals surface area contributed by atoms with Crippen LogP contribution in [0.3, 0.4) is 0 Å². The highest BCUT2D eigenvalue weighted by atomic mass is 16.7. The molecule has 2 aromatic rings. The van der Waals surface area contributed by atoms with Gasteiger partial charge in [0.15, 0.2) is 11.5 Å². The van der Waals surface area contributed by atoms with Crippen LogP contribution in [0.5, 0.6) is 17.4 Å². The smallest absolute Gasteiger partial charge is 0.231 e. The Bertz CT molecular complexity index is 827. The van der Waals surface area contributed by atoms with E-state index < -0.39 is 0 Å². The van der Waals surface area contributed by atoms with Crippen LogP contribution in [0, 0.1) is 0 Å². The van der Waals surface area contributed by atoms with Crippen molar-refractivity contribution in [2.24, 2.45) is 0 Å². The Labute approximate surface area is 158 Å². The quantitative estimate of drug-likeness (QED) is 0.833. The molecule has 4 heterocycles. The van der Waals surface area contributed by atoms with E-state index in [1.54, 1.807) is 6.20 Å². The van der Waals surface area contributed by atoms with Crippen LogP contribution in [0.1, 0.15) is 31.2 Å². The van der Waals surface area contributed by atoms with Gasteiger partial charge in [-0.3, -0.25) is 4.79 Å². The molecule has 3 aliphatic heterocycles. The Kier molecular flexibility index (Phi) is 4.11. The van der Waals surface area contributed by atoms with E-state index in [1.807, 2.05) is 36.4 Å². The molecule has 0 aliphatic carbocycles. The number of rotatable bonds is 4. The Morgan fingerprint density at radius 1 is 1.11 bits per heavy atom. The molecule has 3 aliphatic rings. The fourth-order valence-corrected chi connectivity index (χ4v) is 4.53. The molecule has 2 atom stereocenters. The van der Waals surface area contributed by atoms with Crippen molar-refractivity contribution in [3.05, 3.63) is 48.2 Å². The molecule has 0 spiro atoms. The first-order chi connectivity index (χ1) is 13.3. The zero-order chi connectivity index (χ0) is 18.2. The topological polar surface area (TPSA) is 60.9 Å². The van der Waals surface area contributed by atoms with Crippen molar-refractivity contribution in [2.75, 3.05) is 6.79 Å². The van der Waals surface area contributed by atoms with Crippen LogP contribution >= 0.6 is 0 Å². The average molecular weight is 366 g/mol. The molecule has 1 aromatic carbocycles. The number of aromatic nitrogens is 1. The monoisotopic (exact) mass is 366 g/mol. The summed E-state index contributed by atoms with van der Waals surface area (Å²) < 4.78 is 16.8. The first-order valence-corrected chi connectivity index (χ1v) is 9.53. The molecule has 0 saturated carbocycles. The number of fused-ring (bicyclic) bond motifs is 3. The molecule has 2 fully saturated rings. The summed E-state index contributed by atoms with van der Waals surface area (Å²) in [5, 5.41) is 0. The van der Waals surface area contributed by atoms with Gasteiger partial charge in [-0.25, -0.2) is 4.98 Å². The summed E-state index contributed by atoms with van der Waals surface area (Å²) in [6.07, 6.45) is 6.13. The summed E-state index contributed by atoms with van der Waals surface area (Å²) in [5.74, 6) is 2.34. The summed E-state index contributed by atoms with van der Waals surface area (Å²) in [6.45, 7) is 0.251. The lowest BCUT2D eigenvalue weighted by Crippen LogP contribution is -2.49. The lowest BCUT2D eigenvalue weighted by molar-refractivity contribution is -0.136.